The molecule has 1 saturated heterocycles. The summed E-state index contributed by atoms with van der Waals surface area (Å²) in [6.45, 7) is 1.01. The van der Waals surface area contributed by atoms with Crippen molar-refractivity contribution in [2.75, 3.05) is 18.9 Å². The van der Waals surface area contributed by atoms with Crippen LogP contribution >= 0.6 is 11.5 Å². The van der Waals surface area contributed by atoms with Gasteiger partial charge in [0.1, 0.15) is 16.7 Å². The van der Waals surface area contributed by atoms with Crippen LogP contribution in [-0.2, 0) is 9.53 Å². The third-order valence-electron chi connectivity index (χ3n) is 6.37. The average molecular weight is 488 g/mol. The fourth-order valence-electron chi connectivity index (χ4n) is 4.63. The van der Waals surface area contributed by atoms with E-state index < -0.39 is 17.9 Å². The van der Waals surface area contributed by atoms with E-state index in [1.54, 1.807) is 17.0 Å². The fourth-order valence-corrected chi connectivity index (χ4v) is 5.38. The van der Waals surface area contributed by atoms with Gasteiger partial charge in [0.05, 0.1) is 11.8 Å². The number of aromatic hydroxyl groups is 1. The van der Waals surface area contributed by atoms with E-state index in [0.29, 0.717) is 18.7 Å². The number of primary amides is 1. The van der Waals surface area contributed by atoms with E-state index in [0.717, 1.165) is 50.1 Å². The quantitative estimate of drug-likeness (QED) is 0.442. The molecule has 0 spiro atoms. The van der Waals surface area contributed by atoms with Gasteiger partial charge in [0.2, 0.25) is 5.91 Å². The Balaban J connectivity index is 1.71. The summed E-state index contributed by atoms with van der Waals surface area (Å²) in [5.74, 6) is -1.58. The molecule has 0 radical (unpaired) electrons. The molecule has 3 amide bonds. The number of anilines is 1. The number of hydrogen-bond acceptors (Lipinski definition) is 8. The second-order valence-corrected chi connectivity index (χ2v) is 9.44. The first-order valence-electron chi connectivity index (χ1n) is 11.4. The number of carbonyl (C=O) groups is 3. The summed E-state index contributed by atoms with van der Waals surface area (Å²) in [5.41, 5.74) is 11.7. The molecule has 1 aromatic heterocycles. The van der Waals surface area contributed by atoms with Gasteiger partial charge in [-0.25, -0.2) is 0 Å². The number of benzene rings is 1. The van der Waals surface area contributed by atoms with Gasteiger partial charge >= 0.3 is 0 Å². The molecule has 2 heterocycles. The number of phenolic OH excluding ortho intramolecular Hbond substituents is 1. The predicted octanol–water partition coefficient (Wildman–Crippen LogP) is 1.95. The summed E-state index contributed by atoms with van der Waals surface area (Å²) >= 11 is 0.801. The SMILES string of the molecule is NC(=O)c1nsc(C(=O)N(C2CCCC2)C(C(=O)NCC2CCCO2)c2ccc(O)cc2)c1N. The maximum Gasteiger partial charge on any atom is 0.270 e. The molecular weight excluding hydrogens is 458 g/mol. The fraction of sp³-hybridized carbons (Fsp3) is 0.478. The number of rotatable bonds is 8. The topological polar surface area (TPSA) is 161 Å². The first-order valence-corrected chi connectivity index (χ1v) is 12.2. The number of amides is 3. The van der Waals surface area contributed by atoms with Gasteiger partial charge in [-0.15, -0.1) is 0 Å². The van der Waals surface area contributed by atoms with E-state index in [4.69, 9.17) is 16.2 Å². The number of nitrogens with two attached hydrogens (primary N) is 2. The van der Waals surface area contributed by atoms with E-state index in [1.807, 2.05) is 0 Å². The number of hydrogen-bond donors (Lipinski definition) is 4. The highest BCUT2D eigenvalue weighted by atomic mass is 32.1. The lowest BCUT2D eigenvalue weighted by atomic mass is 10.00. The molecule has 11 heteroatoms. The minimum Gasteiger partial charge on any atom is -0.508 e. The molecule has 1 aromatic carbocycles. The zero-order chi connectivity index (χ0) is 24.2. The summed E-state index contributed by atoms with van der Waals surface area (Å²) in [6, 6.07) is 5.07. The smallest absolute Gasteiger partial charge is 0.270 e. The Morgan fingerprint density at radius 2 is 1.88 bits per heavy atom. The Bertz CT molecular complexity index is 1040. The van der Waals surface area contributed by atoms with Gasteiger partial charge in [0, 0.05) is 19.2 Å². The summed E-state index contributed by atoms with van der Waals surface area (Å²) in [6.07, 6.45) is 5.08. The number of nitrogen functional groups attached to an aromatic ring is 1. The highest BCUT2D eigenvalue weighted by Crippen LogP contribution is 2.36. The third kappa shape index (κ3) is 5.00. The van der Waals surface area contributed by atoms with Crippen molar-refractivity contribution in [3.63, 3.8) is 0 Å². The highest BCUT2D eigenvalue weighted by Gasteiger charge is 2.40. The number of aromatic nitrogens is 1. The van der Waals surface area contributed by atoms with Crippen LogP contribution in [-0.4, -0.2) is 57.4 Å². The highest BCUT2D eigenvalue weighted by molar-refractivity contribution is 7.09. The van der Waals surface area contributed by atoms with Gasteiger partial charge in [-0.05, 0) is 54.9 Å². The largest absolute Gasteiger partial charge is 0.508 e. The van der Waals surface area contributed by atoms with Crippen LogP contribution in [0.4, 0.5) is 5.69 Å². The average Bonchev–Trinajstić information content (AvgIpc) is 3.58. The Labute approximate surface area is 201 Å². The Morgan fingerprint density at radius 1 is 1.18 bits per heavy atom. The van der Waals surface area contributed by atoms with E-state index in [-0.39, 0.29) is 40.1 Å². The minimum absolute atomic E-state index is 0.0545. The monoisotopic (exact) mass is 487 g/mol. The predicted molar refractivity (Wildman–Crippen MR) is 126 cm³/mol. The lowest BCUT2D eigenvalue weighted by molar-refractivity contribution is -0.127. The van der Waals surface area contributed by atoms with Gasteiger partial charge in [0.15, 0.2) is 5.69 Å². The van der Waals surface area contributed by atoms with E-state index >= 15 is 0 Å². The molecule has 2 fully saturated rings. The van der Waals surface area contributed by atoms with Crippen LogP contribution in [0.1, 0.15) is 70.3 Å². The van der Waals surface area contributed by atoms with Crippen LogP contribution in [0.25, 0.3) is 0 Å². The van der Waals surface area contributed by atoms with Crippen LogP contribution in [0.15, 0.2) is 24.3 Å². The van der Waals surface area contributed by atoms with Gasteiger partial charge in [-0.3, -0.25) is 14.4 Å². The van der Waals surface area contributed by atoms with Crippen molar-refractivity contribution in [1.29, 1.82) is 0 Å². The molecule has 6 N–H and O–H groups in total. The normalized spacial score (nSPS) is 19.1. The zero-order valence-electron chi connectivity index (χ0n) is 18.7. The molecule has 4 rings (SSSR count). The molecule has 10 nitrogen and oxygen atoms in total. The summed E-state index contributed by atoms with van der Waals surface area (Å²) in [7, 11) is 0. The van der Waals surface area contributed by atoms with Crippen molar-refractivity contribution in [3.8, 4) is 5.75 Å². The van der Waals surface area contributed by atoms with Gasteiger partial charge in [-0.1, -0.05) is 25.0 Å². The van der Waals surface area contributed by atoms with Crippen molar-refractivity contribution in [1.82, 2.24) is 14.6 Å². The lowest BCUT2D eigenvalue weighted by Crippen LogP contribution is -2.49. The van der Waals surface area contributed by atoms with Crippen molar-refractivity contribution in [3.05, 3.63) is 40.4 Å². The van der Waals surface area contributed by atoms with E-state index in [2.05, 4.69) is 9.69 Å². The van der Waals surface area contributed by atoms with Crippen LogP contribution < -0.4 is 16.8 Å². The molecular formula is C23H29N5O5S. The Hall–Kier alpha value is -3.18. The van der Waals surface area contributed by atoms with Crippen LogP contribution in [0, 0.1) is 0 Å². The summed E-state index contributed by atoms with van der Waals surface area (Å²) in [4.78, 5) is 40.7. The molecule has 2 aromatic rings. The first kappa shape index (κ1) is 24.0. The number of ether oxygens (including phenoxy) is 1. The van der Waals surface area contributed by atoms with E-state index in [1.165, 1.54) is 12.1 Å². The molecule has 182 valence electrons. The van der Waals surface area contributed by atoms with Crippen molar-refractivity contribution in [2.45, 2.75) is 56.7 Å². The third-order valence-corrected chi connectivity index (χ3v) is 7.22. The maximum absolute atomic E-state index is 13.8. The summed E-state index contributed by atoms with van der Waals surface area (Å²) < 4.78 is 9.59. The molecule has 1 aliphatic heterocycles. The standard InChI is InChI=1S/C23H29N5O5S/c24-17-18(21(25)30)27-34-20(17)23(32)28(14-4-1-2-5-14)19(13-7-9-15(29)10-8-13)22(31)26-12-16-6-3-11-33-16/h7-10,14,16,19,29H,1-6,11-12,24H2,(H2,25,30)(H,26,31). The number of nitrogens with one attached hydrogen (secondary N) is 1. The second-order valence-electron chi connectivity index (χ2n) is 8.66. The molecule has 1 aliphatic carbocycles. The van der Waals surface area contributed by atoms with Crippen molar-refractivity contribution < 1.29 is 24.2 Å². The molecule has 2 aliphatic rings. The van der Waals surface area contributed by atoms with Gasteiger partial charge < -0.3 is 31.5 Å². The van der Waals surface area contributed by atoms with Crippen LogP contribution in [0.5, 0.6) is 5.75 Å². The van der Waals surface area contributed by atoms with E-state index in [9.17, 15) is 19.5 Å². The van der Waals surface area contributed by atoms with Crippen molar-refractivity contribution in [2.24, 2.45) is 5.73 Å². The van der Waals surface area contributed by atoms with Gasteiger partial charge in [-0.2, -0.15) is 4.37 Å². The van der Waals surface area contributed by atoms with Crippen LogP contribution in [0.2, 0.25) is 0 Å². The Kier molecular flexibility index (Phi) is 7.32. The van der Waals surface area contributed by atoms with Crippen LogP contribution in [0.3, 0.4) is 0 Å². The summed E-state index contributed by atoms with van der Waals surface area (Å²) in [5, 5.41) is 12.7. The first-order chi connectivity index (χ1) is 16.4. The molecule has 34 heavy (non-hydrogen) atoms. The maximum atomic E-state index is 13.8. The molecule has 2 atom stereocenters. The number of nitrogens with zero attached hydrogens (tertiary/aromatic N) is 2. The zero-order valence-corrected chi connectivity index (χ0v) is 19.6. The lowest BCUT2D eigenvalue weighted by Gasteiger charge is -2.36. The number of carbonyl (C=O) groups excluding carboxylic acids is 3. The Morgan fingerprint density at radius 3 is 2.47 bits per heavy atom. The molecule has 0 bridgehead atoms. The minimum atomic E-state index is -0.962. The van der Waals surface area contributed by atoms with Gasteiger partial charge in [0.25, 0.3) is 11.8 Å². The second kappa shape index (κ2) is 10.4. The molecule has 2 unspecified atom stereocenters. The molecule has 1 saturated carbocycles. The van der Waals surface area contributed by atoms with Crippen molar-refractivity contribution >= 4 is 34.9 Å². The number of phenols is 1.